The van der Waals surface area contributed by atoms with E-state index in [0.717, 1.165) is 5.82 Å². The Morgan fingerprint density at radius 1 is 1.27 bits per heavy atom. The number of ether oxygens (including phenoxy) is 1. The molecule has 0 bridgehead atoms. The number of carbonyl (C=O) groups excluding carboxylic acids is 2. The van der Waals surface area contributed by atoms with E-state index in [1.165, 1.54) is 35.1 Å². The highest BCUT2D eigenvalue weighted by Crippen LogP contribution is 2.25. The first-order valence-corrected chi connectivity index (χ1v) is 10.3. The summed E-state index contributed by atoms with van der Waals surface area (Å²) in [5.41, 5.74) is 0.354. The number of amides is 1. The third kappa shape index (κ3) is 4.32. The molecule has 0 fully saturated rings. The zero-order chi connectivity index (χ0) is 18.5. The highest BCUT2D eigenvalue weighted by molar-refractivity contribution is 7.99. The van der Waals surface area contributed by atoms with Crippen molar-refractivity contribution in [3.63, 3.8) is 0 Å². The van der Waals surface area contributed by atoms with Crippen LogP contribution in [0.5, 0.6) is 0 Å². The summed E-state index contributed by atoms with van der Waals surface area (Å²) in [4.78, 5) is 25.0. The van der Waals surface area contributed by atoms with Crippen molar-refractivity contribution < 1.29 is 14.3 Å². The van der Waals surface area contributed by atoms with E-state index in [0.29, 0.717) is 22.1 Å². The molecule has 0 aromatic carbocycles. The molecule has 10 heteroatoms. The molecule has 3 aromatic rings. The molecule has 3 rings (SSSR count). The van der Waals surface area contributed by atoms with Gasteiger partial charge in [-0.25, -0.2) is 4.79 Å². The molecule has 3 heterocycles. The Kier molecular flexibility index (Phi) is 6.07. The Labute approximate surface area is 162 Å². The van der Waals surface area contributed by atoms with Gasteiger partial charge in [-0.2, -0.15) is 0 Å². The van der Waals surface area contributed by atoms with Crippen LogP contribution in [0, 0.1) is 0 Å². The number of nitrogens with zero attached hydrogens (tertiary/aromatic N) is 3. The molecule has 0 saturated heterocycles. The molecular weight excluding hydrogens is 392 g/mol. The van der Waals surface area contributed by atoms with Crippen molar-refractivity contribution in [1.29, 1.82) is 0 Å². The molecule has 0 aliphatic heterocycles. The lowest BCUT2D eigenvalue weighted by molar-refractivity contribution is -0.113. The summed E-state index contributed by atoms with van der Waals surface area (Å²) < 4.78 is 6.59. The molecule has 0 aliphatic rings. The number of hydrogen-bond acceptors (Lipinski definition) is 8. The van der Waals surface area contributed by atoms with Gasteiger partial charge < -0.3 is 14.6 Å². The topological polar surface area (TPSA) is 86.1 Å². The van der Waals surface area contributed by atoms with E-state index >= 15 is 0 Å². The van der Waals surface area contributed by atoms with Gasteiger partial charge in [0.2, 0.25) is 5.91 Å². The van der Waals surface area contributed by atoms with Crippen molar-refractivity contribution in [2.24, 2.45) is 7.05 Å². The predicted octanol–water partition coefficient (Wildman–Crippen LogP) is 3.05. The van der Waals surface area contributed by atoms with Crippen LogP contribution in [0.1, 0.15) is 21.1 Å². The molecule has 7 nitrogen and oxygen atoms in total. The van der Waals surface area contributed by atoms with Crippen molar-refractivity contribution in [3.05, 3.63) is 45.2 Å². The highest BCUT2D eigenvalue weighted by atomic mass is 32.2. The second-order valence-corrected chi connectivity index (χ2v) is 8.10. The SMILES string of the molecule is COC(=O)c1ccsc1NC(=O)CSc1nnc(Cc2cccs2)n1C. The molecule has 136 valence electrons. The Bertz CT molecular complexity index is 902. The van der Waals surface area contributed by atoms with Gasteiger partial charge in [0.05, 0.1) is 18.4 Å². The zero-order valence-electron chi connectivity index (χ0n) is 14.1. The van der Waals surface area contributed by atoms with Crippen LogP contribution >= 0.6 is 34.4 Å². The summed E-state index contributed by atoms with van der Waals surface area (Å²) in [6.07, 6.45) is 0.714. The van der Waals surface area contributed by atoms with Gasteiger partial charge in [0.15, 0.2) is 5.16 Å². The number of carbonyl (C=O) groups is 2. The molecule has 0 spiro atoms. The minimum atomic E-state index is -0.472. The van der Waals surface area contributed by atoms with Gasteiger partial charge in [-0.05, 0) is 22.9 Å². The van der Waals surface area contributed by atoms with Crippen molar-refractivity contribution >= 4 is 51.3 Å². The molecule has 0 unspecified atom stereocenters. The van der Waals surface area contributed by atoms with Gasteiger partial charge in [-0.1, -0.05) is 17.8 Å². The van der Waals surface area contributed by atoms with Crippen LogP contribution in [0.4, 0.5) is 5.00 Å². The first-order chi connectivity index (χ1) is 12.6. The third-order valence-corrected chi connectivity index (χ3v) is 6.22. The lowest BCUT2D eigenvalue weighted by atomic mass is 10.3. The average Bonchev–Trinajstić information content (AvgIpc) is 3.37. The first-order valence-electron chi connectivity index (χ1n) is 7.57. The Balaban J connectivity index is 1.58. The van der Waals surface area contributed by atoms with Crippen molar-refractivity contribution in [1.82, 2.24) is 14.8 Å². The van der Waals surface area contributed by atoms with E-state index in [2.05, 4.69) is 21.6 Å². The van der Waals surface area contributed by atoms with Gasteiger partial charge in [-0.15, -0.1) is 32.9 Å². The molecule has 26 heavy (non-hydrogen) atoms. The van der Waals surface area contributed by atoms with E-state index in [1.54, 1.807) is 22.8 Å². The third-order valence-electron chi connectivity index (χ3n) is 3.49. The fraction of sp³-hybridized carbons (Fsp3) is 0.250. The Morgan fingerprint density at radius 3 is 2.85 bits per heavy atom. The number of hydrogen-bond donors (Lipinski definition) is 1. The van der Waals surface area contributed by atoms with Gasteiger partial charge in [-0.3, -0.25) is 4.79 Å². The quantitative estimate of drug-likeness (QED) is 0.478. The van der Waals surface area contributed by atoms with Gasteiger partial charge in [0, 0.05) is 18.3 Å². The zero-order valence-corrected chi connectivity index (χ0v) is 16.5. The van der Waals surface area contributed by atoms with E-state index < -0.39 is 5.97 Å². The Hall–Kier alpha value is -2.17. The van der Waals surface area contributed by atoms with Crippen molar-refractivity contribution in [2.45, 2.75) is 11.6 Å². The van der Waals surface area contributed by atoms with Gasteiger partial charge in [0.25, 0.3) is 0 Å². The smallest absolute Gasteiger partial charge is 0.340 e. The lowest BCUT2D eigenvalue weighted by Crippen LogP contribution is -2.16. The molecule has 1 N–H and O–H groups in total. The summed E-state index contributed by atoms with van der Waals surface area (Å²) in [5.74, 6) is 0.330. The van der Waals surface area contributed by atoms with E-state index in [4.69, 9.17) is 4.74 Å². The average molecular weight is 409 g/mol. The summed E-state index contributed by atoms with van der Waals surface area (Å²) in [6.45, 7) is 0. The maximum Gasteiger partial charge on any atom is 0.340 e. The molecular formula is C16H16N4O3S3. The van der Waals surface area contributed by atoms with Gasteiger partial charge in [0.1, 0.15) is 10.8 Å². The second-order valence-electron chi connectivity index (χ2n) is 5.21. The van der Waals surface area contributed by atoms with Crippen LogP contribution in [0.15, 0.2) is 34.1 Å². The number of thiophene rings is 2. The van der Waals surface area contributed by atoms with Crippen LogP contribution < -0.4 is 5.32 Å². The second kappa shape index (κ2) is 8.47. The highest BCUT2D eigenvalue weighted by Gasteiger charge is 2.17. The molecule has 1 amide bonds. The van der Waals surface area contributed by atoms with E-state index in [9.17, 15) is 9.59 Å². The predicted molar refractivity (Wildman–Crippen MR) is 103 cm³/mol. The van der Waals surface area contributed by atoms with Crippen LogP contribution in [-0.2, 0) is 23.0 Å². The number of aromatic nitrogens is 3. The summed E-state index contributed by atoms with van der Waals surface area (Å²) in [6, 6.07) is 5.68. The van der Waals surface area contributed by atoms with Crippen LogP contribution in [0.25, 0.3) is 0 Å². The minimum absolute atomic E-state index is 0.170. The molecule has 0 atom stereocenters. The molecule has 0 saturated carbocycles. The standard InChI is InChI=1S/C16H16N4O3S3/c1-20-12(8-10-4-3-6-24-10)18-19-16(20)26-9-13(21)17-14-11(5-7-25-14)15(22)23-2/h3-7H,8-9H2,1-2H3,(H,17,21). The monoisotopic (exact) mass is 408 g/mol. The summed E-state index contributed by atoms with van der Waals surface area (Å²) in [7, 11) is 3.20. The van der Waals surface area contributed by atoms with Crippen molar-refractivity contribution in [3.8, 4) is 0 Å². The lowest BCUT2D eigenvalue weighted by Gasteiger charge is -2.05. The maximum absolute atomic E-state index is 12.2. The molecule has 3 aromatic heterocycles. The van der Waals surface area contributed by atoms with Crippen molar-refractivity contribution in [2.75, 3.05) is 18.2 Å². The number of esters is 1. The first kappa shape index (κ1) is 18.6. The van der Waals surface area contributed by atoms with E-state index in [-0.39, 0.29) is 11.7 Å². The number of rotatable bonds is 7. The van der Waals surface area contributed by atoms with Crippen LogP contribution in [0.3, 0.4) is 0 Å². The molecule has 0 aliphatic carbocycles. The van der Waals surface area contributed by atoms with Gasteiger partial charge >= 0.3 is 5.97 Å². The largest absolute Gasteiger partial charge is 0.465 e. The van der Waals surface area contributed by atoms with Crippen LogP contribution in [-0.4, -0.2) is 39.5 Å². The number of nitrogens with one attached hydrogen (secondary N) is 1. The summed E-state index contributed by atoms with van der Waals surface area (Å²) >= 11 is 4.25. The van der Waals surface area contributed by atoms with Crippen LogP contribution in [0.2, 0.25) is 0 Å². The minimum Gasteiger partial charge on any atom is -0.465 e. The molecule has 0 radical (unpaired) electrons. The number of thioether (sulfide) groups is 1. The number of anilines is 1. The van der Waals surface area contributed by atoms with E-state index in [1.807, 2.05) is 23.1 Å². The summed E-state index contributed by atoms with van der Waals surface area (Å²) in [5, 5.41) is 16.0. The fourth-order valence-electron chi connectivity index (χ4n) is 2.16. The normalized spacial score (nSPS) is 10.7. The maximum atomic E-state index is 12.2. The number of methoxy groups -OCH3 is 1. The fourth-order valence-corrected chi connectivity index (χ4v) is 4.39. The Morgan fingerprint density at radius 2 is 2.12 bits per heavy atom.